The molecule has 6 heteroatoms. The zero-order valence-electron chi connectivity index (χ0n) is 16.1. The first-order valence-corrected chi connectivity index (χ1v) is 10.5. The second-order valence-corrected chi connectivity index (χ2v) is 7.05. The molecule has 2 aromatic carbocycles. The minimum atomic E-state index is -0.145. The Hall–Kier alpha value is -2.60. The van der Waals surface area contributed by atoms with Crippen molar-refractivity contribution in [2.45, 2.75) is 20.3 Å². The summed E-state index contributed by atoms with van der Waals surface area (Å²) in [6.07, 6.45) is 7.04. The number of rotatable bonds is 6. The molecule has 3 rings (SSSR count). The van der Waals surface area contributed by atoms with Gasteiger partial charge >= 0.3 is 0 Å². The maximum Gasteiger partial charge on any atom is 0.282 e. The number of benzene rings is 2. The maximum absolute atomic E-state index is 11.8. The minimum Gasteiger partial charge on any atom is -0.592 e. The second-order valence-electron chi connectivity index (χ2n) is 6.49. The van der Waals surface area contributed by atoms with E-state index in [2.05, 4.69) is 52.1 Å². The van der Waals surface area contributed by atoms with Crippen LogP contribution in [0.25, 0.3) is 10.8 Å². The van der Waals surface area contributed by atoms with E-state index in [1.807, 2.05) is 30.3 Å². The molecule has 5 nitrogen and oxygen atoms in total. The molecule has 0 unspecified atom stereocenters. The Bertz CT molecular complexity index is 975. The van der Waals surface area contributed by atoms with E-state index in [1.165, 1.54) is 5.70 Å². The van der Waals surface area contributed by atoms with Crippen LogP contribution in [0.5, 0.6) is 5.75 Å². The van der Waals surface area contributed by atoms with Crippen LogP contribution in [0.3, 0.4) is 0 Å². The van der Waals surface area contributed by atoms with Crippen molar-refractivity contribution >= 4 is 49.7 Å². The van der Waals surface area contributed by atoms with E-state index in [0.717, 1.165) is 36.0 Å². The summed E-state index contributed by atoms with van der Waals surface area (Å²) < 4.78 is 0. The first-order chi connectivity index (χ1) is 13.6. The van der Waals surface area contributed by atoms with Crippen LogP contribution in [0.1, 0.15) is 20.3 Å². The van der Waals surface area contributed by atoms with Crippen molar-refractivity contribution in [3.8, 4) is 5.75 Å². The molecule has 2 aromatic rings. The molecule has 0 saturated carbocycles. The van der Waals surface area contributed by atoms with Gasteiger partial charge in [-0.2, -0.15) is 0 Å². The number of hydrogen-bond acceptors (Lipinski definition) is 3. The molecule has 1 aliphatic carbocycles. The molecule has 0 heterocycles. The lowest BCUT2D eigenvalue weighted by Crippen LogP contribution is -2.22. The third kappa shape index (κ3) is 4.28. The van der Waals surface area contributed by atoms with Crippen molar-refractivity contribution in [1.29, 1.82) is 0 Å². The molecule has 0 saturated heterocycles. The third-order valence-electron chi connectivity index (χ3n) is 4.76. The zero-order chi connectivity index (χ0) is 20.1. The van der Waals surface area contributed by atoms with Crippen LogP contribution in [0.15, 0.2) is 59.2 Å². The summed E-state index contributed by atoms with van der Waals surface area (Å²) in [6.45, 7) is 6.25. The number of halogens is 1. The highest BCUT2D eigenvalue weighted by molar-refractivity contribution is 9.09. The summed E-state index contributed by atoms with van der Waals surface area (Å²) in [5, 5.41) is 13.3. The van der Waals surface area contributed by atoms with Gasteiger partial charge in [-0.3, -0.25) is 4.79 Å². The van der Waals surface area contributed by atoms with Gasteiger partial charge in [0.15, 0.2) is 5.69 Å². The van der Waals surface area contributed by atoms with Crippen molar-refractivity contribution in [2.75, 3.05) is 23.7 Å². The number of allylic oxidation sites excluding steroid dienone is 3. The van der Waals surface area contributed by atoms with E-state index in [0.29, 0.717) is 17.1 Å². The second kappa shape index (κ2) is 9.06. The first kappa shape index (κ1) is 20.1. The third-order valence-corrected chi connectivity index (χ3v) is 5.27. The van der Waals surface area contributed by atoms with Crippen LogP contribution in [-0.2, 0) is 4.79 Å². The Balaban J connectivity index is 1.98. The molecule has 0 aliphatic heterocycles. The summed E-state index contributed by atoms with van der Waals surface area (Å²) >= 11 is 3.16. The highest BCUT2D eigenvalue weighted by Crippen LogP contribution is 2.40. The average molecular weight is 443 g/mol. The number of carbonyl (C=O) groups excluding carboxylic acids is 1. The molecule has 0 bridgehead atoms. The molecule has 0 spiro atoms. The largest absolute Gasteiger partial charge is 0.592 e. The summed E-state index contributed by atoms with van der Waals surface area (Å²) in [5.41, 5.74) is 3.41. The molecule has 28 heavy (non-hydrogen) atoms. The van der Waals surface area contributed by atoms with Crippen molar-refractivity contribution in [2.24, 2.45) is 4.99 Å². The molecule has 1 amide bonds. The van der Waals surface area contributed by atoms with E-state index < -0.39 is 0 Å². The number of alkyl halides is 1. The first-order valence-electron chi connectivity index (χ1n) is 9.41. The number of likely N-dealkylation sites (N-methyl/N-ethyl adjacent to an activating group) is 1. The van der Waals surface area contributed by atoms with Gasteiger partial charge in [0.1, 0.15) is 0 Å². The molecule has 0 aromatic heterocycles. The van der Waals surface area contributed by atoms with Crippen molar-refractivity contribution in [3.05, 3.63) is 54.3 Å². The van der Waals surface area contributed by atoms with Gasteiger partial charge in [-0.1, -0.05) is 46.3 Å². The van der Waals surface area contributed by atoms with Gasteiger partial charge in [0, 0.05) is 41.7 Å². The van der Waals surface area contributed by atoms with Crippen molar-refractivity contribution in [1.82, 2.24) is 4.90 Å². The smallest absolute Gasteiger partial charge is 0.282 e. The molecular formula is C22H25BrN3O2+. The van der Waals surface area contributed by atoms with Gasteiger partial charge in [-0.05, 0) is 26.0 Å². The predicted octanol–water partition coefficient (Wildman–Crippen LogP) is 4.87. The molecule has 146 valence electrons. The van der Waals surface area contributed by atoms with Crippen molar-refractivity contribution < 1.29 is 9.90 Å². The van der Waals surface area contributed by atoms with Gasteiger partial charge in [0.25, 0.3) is 5.75 Å². The van der Waals surface area contributed by atoms with E-state index in [4.69, 9.17) is 10.1 Å². The fourth-order valence-electron chi connectivity index (χ4n) is 3.34. The van der Waals surface area contributed by atoms with Crippen LogP contribution in [-0.4, -0.2) is 40.0 Å². The standard InChI is InChI=1S/C22H24BrN3O2/c1-3-26(4-2)16-11-9-15(10-12-16)24-22-18-8-6-5-7-17(18)19(13-20(22)27)25-21(28)14-23/h5-9,11-13,27H,3-4,10,14H2,1-2H3,(H,25,28)/p+1. The zero-order valence-corrected chi connectivity index (χ0v) is 17.7. The summed E-state index contributed by atoms with van der Waals surface area (Å²) in [7, 11) is 0. The monoisotopic (exact) mass is 442 g/mol. The Morgan fingerprint density at radius 1 is 1.21 bits per heavy atom. The number of carbonyl (C=O) groups is 1. The number of anilines is 1. The van der Waals surface area contributed by atoms with Gasteiger partial charge in [0.05, 0.1) is 17.1 Å². The lowest BCUT2D eigenvalue weighted by atomic mass is 10.0. The molecule has 0 atom stereocenters. The lowest BCUT2D eigenvalue weighted by Gasteiger charge is -2.24. The number of aliphatic imine (C=N–C) groups is 1. The van der Waals surface area contributed by atoms with Crippen molar-refractivity contribution in [3.63, 3.8) is 0 Å². The Labute approximate surface area is 173 Å². The highest BCUT2D eigenvalue weighted by Gasteiger charge is 2.17. The van der Waals surface area contributed by atoms with Crippen LogP contribution in [0.4, 0.5) is 11.4 Å². The summed E-state index contributed by atoms with van der Waals surface area (Å²) in [4.78, 5) is 18.9. The lowest BCUT2D eigenvalue weighted by molar-refractivity contribution is -0.113. The molecule has 1 aliphatic rings. The highest BCUT2D eigenvalue weighted by atomic mass is 79.9. The van der Waals surface area contributed by atoms with Gasteiger partial charge < -0.3 is 15.3 Å². The fourth-order valence-corrected chi connectivity index (χ4v) is 3.48. The van der Waals surface area contributed by atoms with Crippen LogP contribution >= 0.6 is 15.9 Å². The van der Waals surface area contributed by atoms with Crippen LogP contribution < -0.4 is 5.32 Å². The quantitative estimate of drug-likeness (QED) is 0.511. The van der Waals surface area contributed by atoms with E-state index in [-0.39, 0.29) is 11.2 Å². The molecule has 0 fully saturated rings. The Morgan fingerprint density at radius 2 is 1.93 bits per heavy atom. The topological polar surface area (TPSA) is 67.6 Å². The van der Waals surface area contributed by atoms with Gasteiger partial charge in [0.2, 0.25) is 5.91 Å². The average Bonchev–Trinajstić information content (AvgIpc) is 2.72. The van der Waals surface area contributed by atoms with Gasteiger partial charge in [-0.25, -0.2) is 4.99 Å². The van der Waals surface area contributed by atoms with E-state index >= 15 is 0 Å². The Morgan fingerprint density at radius 3 is 2.54 bits per heavy atom. The van der Waals surface area contributed by atoms with E-state index in [9.17, 15) is 4.79 Å². The minimum absolute atomic E-state index is 0.145. The Kier molecular flexibility index (Phi) is 6.52. The number of fused-ring (bicyclic) bond motifs is 1. The molecule has 3 N–H and O–H groups in total. The number of nitrogens with one attached hydrogen (secondary N) is 1. The normalized spacial score (nSPS) is 15.0. The van der Waals surface area contributed by atoms with Gasteiger partial charge in [-0.15, -0.1) is 0 Å². The number of hydrogen-bond donors (Lipinski definition) is 1. The number of amides is 1. The van der Waals surface area contributed by atoms with E-state index in [1.54, 1.807) is 6.07 Å². The number of nitrogens with zero attached hydrogens (tertiary/aromatic N) is 2. The fraction of sp³-hybridized carbons (Fsp3) is 0.273. The summed E-state index contributed by atoms with van der Waals surface area (Å²) in [5.74, 6) is 0.149. The SMILES string of the molecule is CCN(CC)C1=CCC(=Nc2c([OH2+])cc(NC(=O)CBr)c3ccccc23)C=C1. The predicted molar refractivity (Wildman–Crippen MR) is 121 cm³/mol. The molecular weight excluding hydrogens is 418 g/mol. The van der Waals surface area contributed by atoms with Crippen LogP contribution in [0, 0.1) is 0 Å². The van der Waals surface area contributed by atoms with Crippen LogP contribution in [0.2, 0.25) is 0 Å². The maximum atomic E-state index is 11.8. The summed E-state index contributed by atoms with van der Waals surface area (Å²) in [6, 6.07) is 9.41. The molecule has 0 radical (unpaired) electrons.